The van der Waals surface area contributed by atoms with Crippen LogP contribution in [0.3, 0.4) is 0 Å². The van der Waals surface area contributed by atoms with Gasteiger partial charge < -0.3 is 0 Å². The lowest BCUT2D eigenvalue weighted by atomic mass is 9.89. The third-order valence-electron chi connectivity index (χ3n) is 13.1. The van der Waals surface area contributed by atoms with Gasteiger partial charge in [0, 0.05) is 56.5 Å². The summed E-state index contributed by atoms with van der Waals surface area (Å²) in [5, 5.41) is 13.2. The molecule has 0 saturated heterocycles. The number of fused-ring (bicyclic) bond motifs is 4. The Bertz CT molecular complexity index is 4050. The van der Waals surface area contributed by atoms with Gasteiger partial charge in [-0.2, -0.15) is 0 Å². The van der Waals surface area contributed by atoms with Crippen molar-refractivity contribution in [3.63, 3.8) is 0 Å². The molecule has 68 heavy (non-hydrogen) atoms. The van der Waals surface area contributed by atoms with Crippen molar-refractivity contribution in [2.45, 2.75) is 0 Å². The molecule has 14 aromatic rings. The number of nitrogens with zero attached hydrogens (tertiary/aromatic N) is 8. The lowest BCUT2D eigenvalue weighted by Crippen LogP contribution is -2.01. The highest BCUT2D eigenvalue weighted by atomic mass is 15.0. The van der Waals surface area contributed by atoms with E-state index in [4.69, 9.17) is 29.9 Å². The second-order valence-electron chi connectivity index (χ2n) is 17.2. The minimum atomic E-state index is 0.598. The molecule has 0 saturated carbocycles. The maximum absolute atomic E-state index is 5.26. The van der Waals surface area contributed by atoms with Crippen LogP contribution in [0.2, 0.25) is 0 Å². The molecule has 0 bridgehead atoms. The number of pyridine rings is 2. The fourth-order valence-electron chi connectivity index (χ4n) is 9.79. The Balaban J connectivity index is 0.947. The molecule has 0 unspecified atom stereocenters. The number of aromatic nitrogens is 8. The topological polar surface area (TPSA) is 103 Å². The van der Waals surface area contributed by atoms with E-state index in [0.717, 1.165) is 109 Å². The van der Waals surface area contributed by atoms with Crippen molar-refractivity contribution in [3.8, 4) is 68.3 Å². The van der Waals surface area contributed by atoms with Crippen molar-refractivity contribution in [1.29, 1.82) is 0 Å². The van der Waals surface area contributed by atoms with E-state index in [1.807, 2.05) is 85.2 Å². The van der Waals surface area contributed by atoms with E-state index >= 15 is 0 Å². The summed E-state index contributed by atoms with van der Waals surface area (Å²) in [7, 11) is 0. The second-order valence-corrected chi connectivity index (χ2v) is 17.2. The van der Waals surface area contributed by atoms with E-state index in [-0.39, 0.29) is 0 Å². The second kappa shape index (κ2) is 15.1. The highest BCUT2D eigenvalue weighted by Crippen LogP contribution is 2.42. The molecule has 10 aromatic carbocycles. The van der Waals surface area contributed by atoms with E-state index in [1.54, 1.807) is 0 Å². The van der Waals surface area contributed by atoms with Crippen molar-refractivity contribution in [3.05, 3.63) is 207 Å². The zero-order valence-corrected chi connectivity index (χ0v) is 36.2. The first-order valence-electron chi connectivity index (χ1n) is 22.6. The molecule has 0 N–H and O–H groups in total. The molecule has 0 atom stereocenters. The average molecular weight is 867 g/mol. The Morgan fingerprint density at radius 3 is 1.09 bits per heavy atom. The summed E-state index contributed by atoms with van der Waals surface area (Å²) < 4.78 is 0. The van der Waals surface area contributed by atoms with Gasteiger partial charge in [0.1, 0.15) is 0 Å². The Hall–Kier alpha value is -9.40. The third kappa shape index (κ3) is 6.30. The summed E-state index contributed by atoms with van der Waals surface area (Å²) in [5.41, 5.74) is 7.35. The third-order valence-corrected chi connectivity index (χ3v) is 13.1. The average Bonchev–Trinajstić information content (AvgIpc) is 3.41. The molecule has 0 spiro atoms. The van der Waals surface area contributed by atoms with Crippen LogP contribution < -0.4 is 0 Å². The van der Waals surface area contributed by atoms with Crippen molar-refractivity contribution in [2.24, 2.45) is 0 Å². The van der Waals surface area contributed by atoms with Gasteiger partial charge in [0.2, 0.25) is 0 Å². The highest BCUT2D eigenvalue weighted by Gasteiger charge is 2.21. The molecule has 0 amide bonds. The van der Waals surface area contributed by atoms with Gasteiger partial charge in [-0.15, -0.1) is 0 Å². The smallest absolute Gasteiger partial charge is 0.164 e. The number of benzene rings is 10. The predicted molar refractivity (Wildman–Crippen MR) is 275 cm³/mol. The van der Waals surface area contributed by atoms with E-state index in [2.05, 4.69) is 131 Å². The van der Waals surface area contributed by atoms with Gasteiger partial charge in [0.15, 0.2) is 34.9 Å². The van der Waals surface area contributed by atoms with Gasteiger partial charge in [-0.1, -0.05) is 133 Å². The van der Waals surface area contributed by atoms with Gasteiger partial charge >= 0.3 is 0 Å². The summed E-state index contributed by atoms with van der Waals surface area (Å²) in [6.07, 6.45) is 3.66. The number of hydrogen-bond donors (Lipinski definition) is 0. The molecule has 0 aliphatic heterocycles. The zero-order chi connectivity index (χ0) is 44.7. The summed E-state index contributed by atoms with van der Waals surface area (Å²) in [6.45, 7) is 0. The predicted octanol–water partition coefficient (Wildman–Crippen LogP) is 14.4. The van der Waals surface area contributed by atoms with E-state index in [9.17, 15) is 0 Å². The molecule has 4 aromatic heterocycles. The van der Waals surface area contributed by atoms with Crippen molar-refractivity contribution < 1.29 is 0 Å². The van der Waals surface area contributed by atoms with Crippen molar-refractivity contribution in [2.75, 3.05) is 0 Å². The van der Waals surface area contributed by atoms with E-state index < -0.39 is 0 Å². The fourth-order valence-corrected chi connectivity index (χ4v) is 9.79. The maximum atomic E-state index is 5.26. The molecular formula is C60H34N8. The lowest BCUT2D eigenvalue weighted by Gasteiger charge is -2.16. The zero-order valence-electron chi connectivity index (χ0n) is 36.2. The van der Waals surface area contributed by atoms with Gasteiger partial charge in [0.25, 0.3) is 0 Å². The van der Waals surface area contributed by atoms with E-state index in [1.165, 1.54) is 0 Å². The quantitative estimate of drug-likeness (QED) is 0.120. The van der Waals surface area contributed by atoms with Crippen LogP contribution in [0.5, 0.6) is 0 Å². The van der Waals surface area contributed by atoms with Crippen LogP contribution in [0.1, 0.15) is 0 Å². The van der Waals surface area contributed by atoms with Gasteiger partial charge in [-0.25, -0.2) is 29.9 Å². The van der Waals surface area contributed by atoms with Gasteiger partial charge in [-0.05, 0) is 115 Å². The first kappa shape index (κ1) is 37.9. The fraction of sp³-hybridized carbons (Fsp3) is 0. The van der Waals surface area contributed by atoms with Gasteiger partial charge in [-0.3, -0.25) is 9.97 Å². The first-order valence-corrected chi connectivity index (χ1v) is 22.6. The lowest BCUT2D eigenvalue weighted by molar-refractivity contribution is 1.08. The van der Waals surface area contributed by atoms with Crippen LogP contribution in [0.4, 0.5) is 0 Å². The highest BCUT2D eigenvalue weighted by molar-refractivity contribution is 6.27. The first-order chi connectivity index (χ1) is 33.6. The van der Waals surface area contributed by atoms with Crippen LogP contribution >= 0.6 is 0 Å². The van der Waals surface area contributed by atoms with Crippen molar-refractivity contribution in [1.82, 2.24) is 39.9 Å². The molecular weight excluding hydrogens is 833 g/mol. The molecule has 0 radical (unpaired) electrons. The van der Waals surface area contributed by atoms with E-state index in [0.29, 0.717) is 34.9 Å². The van der Waals surface area contributed by atoms with Crippen LogP contribution in [0.15, 0.2) is 207 Å². The summed E-state index contributed by atoms with van der Waals surface area (Å²) >= 11 is 0. The Kier molecular flexibility index (Phi) is 8.41. The van der Waals surface area contributed by atoms with Crippen LogP contribution in [0.25, 0.3) is 144 Å². The summed E-state index contributed by atoms with van der Waals surface area (Å²) in [6, 6.07) is 67.2. The molecule has 8 heteroatoms. The molecule has 8 nitrogen and oxygen atoms in total. The van der Waals surface area contributed by atoms with Crippen LogP contribution in [-0.4, -0.2) is 39.9 Å². The normalized spacial score (nSPS) is 11.8. The molecule has 0 aliphatic rings. The maximum Gasteiger partial charge on any atom is 0.164 e. The minimum absolute atomic E-state index is 0.598. The molecule has 4 heterocycles. The van der Waals surface area contributed by atoms with Gasteiger partial charge in [0.05, 0.1) is 11.0 Å². The molecule has 0 aliphatic carbocycles. The summed E-state index contributed by atoms with van der Waals surface area (Å²) in [4.78, 5) is 40.4. The Morgan fingerprint density at radius 1 is 0.235 bits per heavy atom. The monoisotopic (exact) mass is 866 g/mol. The van der Waals surface area contributed by atoms with Crippen molar-refractivity contribution >= 4 is 75.7 Å². The molecule has 0 fully saturated rings. The van der Waals surface area contributed by atoms with Crippen LogP contribution in [0, 0.1) is 0 Å². The SMILES string of the molecule is c1ccc(-c2nc(-c3ccc4cc5cccnc5cc4c3)nc(-c3ccc4ccc5c(-c6nc(-c7ccccc7)nc(-c7ccc8cc9cccnc9cc8c7)n6)ccc6ccc3c4c65)n2)cc1. The Morgan fingerprint density at radius 2 is 0.632 bits per heavy atom. The molecule has 314 valence electrons. The standard InChI is InChI=1S/C60H34N8/c1-3-9-37(10-4-1)55-63-57(43-17-15-39-29-41-13-7-27-61-51(41)33-45(39)31-43)67-59(65-55)49-25-21-35-20-24-48-50(26-22-36-19-23-47(49)53(35)54(36)48)60-66-56(38-11-5-2-6-12-38)64-58(68-60)44-18-16-40-30-42-14-8-28-62-52(42)34-46(40)32-44/h1-34H. The largest absolute Gasteiger partial charge is 0.256 e. The number of hydrogen-bond acceptors (Lipinski definition) is 8. The number of rotatable bonds is 6. The molecule has 14 rings (SSSR count). The minimum Gasteiger partial charge on any atom is -0.256 e. The Labute approximate surface area is 388 Å². The van der Waals surface area contributed by atoms with Crippen LogP contribution in [-0.2, 0) is 0 Å². The summed E-state index contributed by atoms with van der Waals surface area (Å²) in [5.74, 6) is 3.61.